The molecule has 0 atom stereocenters. The van der Waals surface area contributed by atoms with Crippen LogP contribution in [-0.4, -0.2) is 42.5 Å². The van der Waals surface area contributed by atoms with E-state index in [0.717, 1.165) is 23.9 Å². The van der Waals surface area contributed by atoms with Crippen LogP contribution in [0.5, 0.6) is 0 Å². The quantitative estimate of drug-likeness (QED) is 0.349. The van der Waals surface area contributed by atoms with Crippen LogP contribution in [0.1, 0.15) is 20.8 Å². The molecule has 0 radical (unpaired) electrons. The molecule has 5 heteroatoms. The lowest BCUT2D eigenvalue weighted by molar-refractivity contribution is -0.0948. The Morgan fingerprint density at radius 3 is 1.83 bits per heavy atom. The molecule has 0 aliphatic carbocycles. The van der Waals surface area contributed by atoms with E-state index >= 15 is 0 Å². The summed E-state index contributed by atoms with van der Waals surface area (Å²) in [6, 6.07) is 3.26. The molecule has 0 amide bonds. The maximum atomic E-state index is 6.30. The van der Waals surface area contributed by atoms with Crippen LogP contribution in [0.2, 0.25) is 18.1 Å². The molecule has 0 unspecified atom stereocenters. The molecule has 0 aliphatic heterocycles. The van der Waals surface area contributed by atoms with E-state index in [1.807, 2.05) is 6.08 Å². The van der Waals surface area contributed by atoms with E-state index in [9.17, 15) is 0 Å². The molecule has 0 N–H and O–H groups in total. The first-order valence-corrected chi connectivity index (χ1v) is 9.09. The Kier molecular flexibility index (Phi) is 9.36. The Labute approximate surface area is 112 Å². The molecule has 18 heavy (non-hydrogen) atoms. The molecule has 0 spiro atoms. The summed E-state index contributed by atoms with van der Waals surface area (Å²) in [5.41, 5.74) is 0. The standard InChI is InChI=1S/C13H28O4Si/c1-7-18(8-2,9-3)17-12(10-11-14-4)13(15-5)16-6/h10,13H,7-9,11H2,1-6H3/b12-10-. The van der Waals surface area contributed by atoms with Gasteiger partial charge in [-0.1, -0.05) is 20.8 Å². The van der Waals surface area contributed by atoms with Crippen LogP contribution < -0.4 is 0 Å². The highest BCUT2D eigenvalue weighted by Gasteiger charge is 2.33. The molecule has 0 aromatic rings. The van der Waals surface area contributed by atoms with Gasteiger partial charge < -0.3 is 18.6 Å². The van der Waals surface area contributed by atoms with Gasteiger partial charge in [-0.25, -0.2) is 0 Å². The van der Waals surface area contributed by atoms with Crippen LogP contribution in [0.3, 0.4) is 0 Å². The first-order chi connectivity index (χ1) is 8.62. The molecule has 0 rings (SSSR count). The Morgan fingerprint density at radius 2 is 1.50 bits per heavy atom. The van der Waals surface area contributed by atoms with Gasteiger partial charge in [0.25, 0.3) is 0 Å². The Balaban J connectivity index is 4.97. The van der Waals surface area contributed by atoms with Gasteiger partial charge in [-0.3, -0.25) is 0 Å². The van der Waals surface area contributed by atoms with Crippen LogP contribution in [0, 0.1) is 0 Å². The lowest BCUT2D eigenvalue weighted by atomic mass is 10.4. The molecule has 0 bridgehead atoms. The van der Waals surface area contributed by atoms with E-state index in [1.165, 1.54) is 0 Å². The molecule has 4 nitrogen and oxygen atoms in total. The normalized spacial score (nSPS) is 13.2. The zero-order valence-electron chi connectivity index (χ0n) is 12.6. The highest BCUT2D eigenvalue weighted by atomic mass is 28.4. The van der Waals surface area contributed by atoms with Gasteiger partial charge in [0.2, 0.25) is 14.6 Å². The molecule has 0 aromatic heterocycles. The maximum Gasteiger partial charge on any atom is 0.250 e. The van der Waals surface area contributed by atoms with Gasteiger partial charge in [-0.2, -0.15) is 0 Å². The van der Waals surface area contributed by atoms with Gasteiger partial charge in [0.1, 0.15) is 5.76 Å². The Bertz CT molecular complexity index is 227. The topological polar surface area (TPSA) is 36.9 Å². The van der Waals surface area contributed by atoms with Gasteiger partial charge in [-0.15, -0.1) is 0 Å². The summed E-state index contributed by atoms with van der Waals surface area (Å²) in [5, 5.41) is 0. The first-order valence-electron chi connectivity index (χ1n) is 6.56. The van der Waals surface area contributed by atoms with E-state index in [0.29, 0.717) is 6.61 Å². The van der Waals surface area contributed by atoms with Crippen LogP contribution >= 0.6 is 0 Å². The van der Waals surface area contributed by atoms with E-state index in [4.69, 9.17) is 18.6 Å². The van der Waals surface area contributed by atoms with Gasteiger partial charge in [0, 0.05) is 21.3 Å². The summed E-state index contributed by atoms with van der Waals surface area (Å²) in [5.74, 6) is 0.749. The summed E-state index contributed by atoms with van der Waals surface area (Å²) in [6.45, 7) is 7.09. The largest absolute Gasteiger partial charge is 0.543 e. The number of methoxy groups -OCH3 is 3. The summed E-state index contributed by atoms with van der Waals surface area (Å²) >= 11 is 0. The Hall–Kier alpha value is -0.363. The zero-order chi connectivity index (χ0) is 14.0. The third-order valence-corrected chi connectivity index (χ3v) is 7.91. The van der Waals surface area contributed by atoms with Crippen molar-refractivity contribution < 1.29 is 18.6 Å². The maximum absolute atomic E-state index is 6.30. The fraction of sp³-hybridized carbons (Fsp3) is 0.846. The van der Waals surface area contributed by atoms with E-state index in [1.54, 1.807) is 21.3 Å². The first kappa shape index (κ1) is 17.6. The highest BCUT2D eigenvalue weighted by Crippen LogP contribution is 2.26. The second-order valence-electron chi connectivity index (χ2n) is 4.21. The zero-order valence-corrected chi connectivity index (χ0v) is 13.6. The number of hydrogen-bond acceptors (Lipinski definition) is 4. The van der Waals surface area contributed by atoms with Crippen molar-refractivity contribution in [2.45, 2.75) is 45.2 Å². The van der Waals surface area contributed by atoms with Gasteiger partial charge in [0.05, 0.1) is 6.61 Å². The van der Waals surface area contributed by atoms with Crippen LogP contribution in [0.15, 0.2) is 11.8 Å². The van der Waals surface area contributed by atoms with Crippen molar-refractivity contribution in [2.24, 2.45) is 0 Å². The van der Waals surface area contributed by atoms with Crippen molar-refractivity contribution >= 4 is 8.32 Å². The van der Waals surface area contributed by atoms with Crippen molar-refractivity contribution in [3.05, 3.63) is 11.8 Å². The van der Waals surface area contributed by atoms with Crippen molar-refractivity contribution in [3.8, 4) is 0 Å². The summed E-state index contributed by atoms with van der Waals surface area (Å²) in [7, 11) is 3.18. The molecular weight excluding hydrogens is 248 g/mol. The van der Waals surface area contributed by atoms with Gasteiger partial charge in [0.15, 0.2) is 0 Å². The minimum absolute atomic E-state index is 0.448. The van der Waals surface area contributed by atoms with Crippen LogP contribution in [-0.2, 0) is 18.6 Å². The second kappa shape index (κ2) is 9.55. The number of rotatable bonds is 10. The summed E-state index contributed by atoms with van der Waals surface area (Å²) < 4.78 is 22.0. The number of ether oxygens (including phenoxy) is 3. The van der Waals surface area contributed by atoms with E-state index in [-0.39, 0.29) is 0 Å². The SMILES string of the molecule is CC[Si](CC)(CC)O/C(=C\COC)C(OC)OC. The molecule has 0 aromatic carbocycles. The lowest BCUT2D eigenvalue weighted by Crippen LogP contribution is -2.38. The average molecular weight is 276 g/mol. The number of hydrogen-bond donors (Lipinski definition) is 0. The fourth-order valence-electron chi connectivity index (χ4n) is 1.90. The third-order valence-electron chi connectivity index (χ3n) is 3.38. The monoisotopic (exact) mass is 276 g/mol. The van der Waals surface area contributed by atoms with E-state index < -0.39 is 14.6 Å². The predicted molar refractivity (Wildman–Crippen MR) is 76.0 cm³/mol. The molecular formula is C13H28O4Si. The van der Waals surface area contributed by atoms with Crippen molar-refractivity contribution in [1.29, 1.82) is 0 Å². The van der Waals surface area contributed by atoms with Crippen molar-refractivity contribution in [2.75, 3.05) is 27.9 Å². The second-order valence-corrected chi connectivity index (χ2v) is 8.90. The fourth-order valence-corrected chi connectivity index (χ4v) is 4.51. The van der Waals surface area contributed by atoms with Gasteiger partial charge >= 0.3 is 0 Å². The molecule has 108 valence electrons. The highest BCUT2D eigenvalue weighted by molar-refractivity contribution is 6.73. The molecule has 0 saturated carbocycles. The summed E-state index contributed by atoms with van der Waals surface area (Å²) in [4.78, 5) is 0. The molecule has 0 saturated heterocycles. The summed E-state index contributed by atoms with van der Waals surface area (Å²) in [6.07, 6.45) is 1.46. The van der Waals surface area contributed by atoms with Gasteiger partial charge in [-0.05, 0) is 24.2 Å². The molecule has 0 aliphatic rings. The van der Waals surface area contributed by atoms with Crippen molar-refractivity contribution in [1.82, 2.24) is 0 Å². The molecule has 0 heterocycles. The minimum Gasteiger partial charge on any atom is -0.543 e. The van der Waals surface area contributed by atoms with Crippen LogP contribution in [0.4, 0.5) is 0 Å². The smallest absolute Gasteiger partial charge is 0.250 e. The average Bonchev–Trinajstić information content (AvgIpc) is 2.42. The van der Waals surface area contributed by atoms with E-state index in [2.05, 4.69) is 20.8 Å². The third kappa shape index (κ3) is 5.10. The molecule has 0 fully saturated rings. The minimum atomic E-state index is -1.71. The van der Waals surface area contributed by atoms with Crippen LogP contribution in [0.25, 0.3) is 0 Å². The van der Waals surface area contributed by atoms with Crippen molar-refractivity contribution in [3.63, 3.8) is 0 Å². The predicted octanol–water partition coefficient (Wildman–Crippen LogP) is 3.16. The Morgan fingerprint density at radius 1 is 1.00 bits per heavy atom. The lowest BCUT2D eigenvalue weighted by Gasteiger charge is -2.32.